The Kier molecular flexibility index (Phi) is 5.15. The average Bonchev–Trinajstić information content (AvgIpc) is 2.67. The van der Waals surface area contributed by atoms with E-state index in [-0.39, 0.29) is 18.2 Å². The summed E-state index contributed by atoms with van der Waals surface area (Å²) in [5.41, 5.74) is -2.66. The van der Waals surface area contributed by atoms with Crippen LogP contribution in [0.1, 0.15) is 30.5 Å². The first-order valence-corrected chi connectivity index (χ1v) is 8.62. The smallest absolute Gasteiger partial charge is 0.336 e. The third-order valence-electron chi connectivity index (χ3n) is 4.88. The summed E-state index contributed by atoms with van der Waals surface area (Å²) in [6.45, 7) is 1.63. The predicted molar refractivity (Wildman–Crippen MR) is 97.6 cm³/mol. The number of aromatic nitrogens is 2. The van der Waals surface area contributed by atoms with Crippen LogP contribution in [-0.2, 0) is 16.2 Å². The topological polar surface area (TPSA) is 130 Å². The fourth-order valence-electron chi connectivity index (χ4n) is 3.23. The Balaban J connectivity index is 1.89. The molecule has 0 saturated heterocycles. The van der Waals surface area contributed by atoms with Crippen LogP contribution >= 0.6 is 0 Å². The first-order valence-electron chi connectivity index (χ1n) is 8.62. The molecule has 1 aliphatic rings. The molecule has 3 rings (SSSR count). The number of hydrogen-bond acceptors (Lipinski definition) is 6. The maximum atomic E-state index is 11.8. The van der Waals surface area contributed by atoms with Crippen molar-refractivity contribution in [3.8, 4) is 5.88 Å². The maximum absolute atomic E-state index is 11.8. The second-order valence-corrected chi connectivity index (χ2v) is 7.02. The zero-order valence-corrected chi connectivity index (χ0v) is 15.1. The van der Waals surface area contributed by atoms with Gasteiger partial charge in [0.2, 0.25) is 5.88 Å². The molecule has 0 aliphatic heterocycles. The number of rotatable bonds is 6. The molecular formula is C20H20N2O6. The molecular weight excluding hydrogens is 364 g/mol. The van der Waals surface area contributed by atoms with Crippen molar-refractivity contribution >= 4 is 11.9 Å². The van der Waals surface area contributed by atoms with Crippen molar-refractivity contribution < 1.29 is 29.6 Å². The third kappa shape index (κ3) is 3.72. The monoisotopic (exact) mass is 384 g/mol. The van der Waals surface area contributed by atoms with Gasteiger partial charge in [-0.3, -0.25) is 4.79 Å². The SMILES string of the molecule is CC1(C(=O)O)C=CC(c2cc(OCc3ccccc3)ncn2)C(O)(C(=O)O)C1. The van der Waals surface area contributed by atoms with Gasteiger partial charge in [-0.1, -0.05) is 42.5 Å². The van der Waals surface area contributed by atoms with Crippen LogP contribution in [-0.4, -0.2) is 42.8 Å². The van der Waals surface area contributed by atoms with E-state index in [0.29, 0.717) is 0 Å². The highest BCUT2D eigenvalue weighted by Gasteiger charge is 2.53. The molecule has 1 heterocycles. The number of aliphatic carboxylic acids is 2. The fourth-order valence-corrected chi connectivity index (χ4v) is 3.23. The highest BCUT2D eigenvalue weighted by Crippen LogP contribution is 2.44. The van der Waals surface area contributed by atoms with Gasteiger partial charge in [0, 0.05) is 12.5 Å². The van der Waals surface area contributed by atoms with Crippen LogP contribution in [0.25, 0.3) is 0 Å². The highest BCUT2D eigenvalue weighted by atomic mass is 16.5. The van der Waals surface area contributed by atoms with Gasteiger partial charge in [-0.15, -0.1) is 0 Å². The fraction of sp³-hybridized carbons (Fsp3) is 0.300. The summed E-state index contributed by atoms with van der Waals surface area (Å²) < 4.78 is 5.63. The third-order valence-corrected chi connectivity index (χ3v) is 4.88. The van der Waals surface area contributed by atoms with Gasteiger partial charge in [0.15, 0.2) is 5.60 Å². The van der Waals surface area contributed by atoms with Gasteiger partial charge in [-0.25, -0.2) is 14.8 Å². The predicted octanol–water partition coefficient (Wildman–Crippen LogP) is 2.01. The highest BCUT2D eigenvalue weighted by molar-refractivity contribution is 5.84. The minimum atomic E-state index is -2.33. The number of hydrogen-bond donors (Lipinski definition) is 3. The Labute approximate surface area is 161 Å². The van der Waals surface area contributed by atoms with Crippen molar-refractivity contribution in [2.75, 3.05) is 0 Å². The van der Waals surface area contributed by atoms with Crippen LogP contribution in [0.4, 0.5) is 0 Å². The van der Waals surface area contributed by atoms with Crippen LogP contribution in [0.5, 0.6) is 5.88 Å². The lowest BCUT2D eigenvalue weighted by Gasteiger charge is -2.39. The minimum absolute atomic E-state index is 0.224. The normalized spacial score (nSPS) is 26.6. The van der Waals surface area contributed by atoms with E-state index in [0.717, 1.165) is 5.56 Å². The molecule has 146 valence electrons. The van der Waals surface area contributed by atoms with Gasteiger partial charge in [0.05, 0.1) is 17.0 Å². The lowest BCUT2D eigenvalue weighted by Crippen LogP contribution is -2.51. The van der Waals surface area contributed by atoms with Crippen LogP contribution in [0.3, 0.4) is 0 Å². The van der Waals surface area contributed by atoms with Gasteiger partial charge in [0.1, 0.15) is 12.9 Å². The molecule has 8 heteroatoms. The lowest BCUT2D eigenvalue weighted by atomic mass is 9.67. The van der Waals surface area contributed by atoms with E-state index in [9.17, 15) is 24.9 Å². The van der Waals surface area contributed by atoms with E-state index in [1.54, 1.807) is 0 Å². The number of nitrogens with zero attached hydrogens (tertiary/aromatic N) is 2. The van der Waals surface area contributed by atoms with Crippen molar-refractivity contribution in [2.45, 2.75) is 31.5 Å². The number of aliphatic hydroxyl groups is 1. The zero-order valence-electron chi connectivity index (χ0n) is 15.1. The first-order chi connectivity index (χ1) is 13.2. The van der Waals surface area contributed by atoms with Crippen molar-refractivity contribution in [2.24, 2.45) is 5.41 Å². The van der Waals surface area contributed by atoms with E-state index in [1.165, 1.54) is 31.5 Å². The minimum Gasteiger partial charge on any atom is -0.481 e. The molecule has 1 aliphatic carbocycles. The van der Waals surface area contributed by atoms with E-state index in [1.807, 2.05) is 30.3 Å². The molecule has 2 aromatic rings. The van der Waals surface area contributed by atoms with Gasteiger partial charge in [-0.05, 0) is 12.5 Å². The van der Waals surface area contributed by atoms with Crippen molar-refractivity contribution in [3.63, 3.8) is 0 Å². The Morgan fingerprint density at radius 1 is 1.18 bits per heavy atom. The summed E-state index contributed by atoms with van der Waals surface area (Å²) in [7, 11) is 0. The van der Waals surface area contributed by atoms with E-state index in [2.05, 4.69) is 9.97 Å². The van der Waals surface area contributed by atoms with Gasteiger partial charge in [0.25, 0.3) is 0 Å². The van der Waals surface area contributed by atoms with Crippen molar-refractivity contribution in [3.05, 3.63) is 66.1 Å². The molecule has 1 aromatic heterocycles. The summed E-state index contributed by atoms with van der Waals surface area (Å²) in [6.07, 6.45) is 3.49. The molecule has 0 bridgehead atoms. The second-order valence-electron chi connectivity index (χ2n) is 7.02. The molecule has 3 unspecified atom stereocenters. The number of carbonyl (C=O) groups is 2. The van der Waals surface area contributed by atoms with E-state index >= 15 is 0 Å². The van der Waals surface area contributed by atoms with Gasteiger partial charge >= 0.3 is 11.9 Å². The Morgan fingerprint density at radius 2 is 1.89 bits per heavy atom. The van der Waals surface area contributed by atoms with E-state index < -0.39 is 35.3 Å². The molecule has 0 spiro atoms. The van der Waals surface area contributed by atoms with Crippen molar-refractivity contribution in [1.82, 2.24) is 9.97 Å². The number of carboxylic acid groups (broad SMARTS) is 2. The Morgan fingerprint density at radius 3 is 2.54 bits per heavy atom. The first kappa shape index (κ1) is 19.5. The summed E-state index contributed by atoms with van der Waals surface area (Å²) in [5, 5.41) is 29.8. The standard InChI is InChI=1S/C20H20N2O6/c1-19(17(23)24)8-7-14(20(27,11-19)18(25)26)15-9-16(22-12-21-15)28-10-13-5-3-2-4-6-13/h2-9,12,14,27H,10-11H2,1H3,(H,23,24)(H,25,26). The summed E-state index contributed by atoms with van der Waals surface area (Å²) in [6, 6.07) is 10.9. The summed E-state index contributed by atoms with van der Waals surface area (Å²) in [4.78, 5) is 31.4. The molecule has 0 fully saturated rings. The molecule has 1 aromatic carbocycles. The molecule has 0 radical (unpaired) electrons. The van der Waals surface area contributed by atoms with E-state index in [4.69, 9.17) is 4.74 Å². The Hall–Kier alpha value is -3.26. The Bertz CT molecular complexity index is 916. The van der Waals surface area contributed by atoms with Gasteiger partial charge in [-0.2, -0.15) is 0 Å². The number of carboxylic acids is 2. The zero-order chi connectivity index (χ0) is 20.4. The van der Waals surface area contributed by atoms with Crippen molar-refractivity contribution in [1.29, 1.82) is 0 Å². The largest absolute Gasteiger partial charge is 0.481 e. The summed E-state index contributed by atoms with van der Waals surface area (Å²) >= 11 is 0. The molecule has 28 heavy (non-hydrogen) atoms. The quantitative estimate of drug-likeness (QED) is 0.645. The average molecular weight is 384 g/mol. The molecule has 3 N–H and O–H groups in total. The number of ether oxygens (including phenoxy) is 1. The molecule has 8 nitrogen and oxygen atoms in total. The molecule has 0 saturated carbocycles. The summed E-state index contributed by atoms with van der Waals surface area (Å²) in [5.74, 6) is -3.54. The number of benzene rings is 1. The maximum Gasteiger partial charge on any atom is 0.336 e. The van der Waals surface area contributed by atoms with Crippen LogP contribution in [0.2, 0.25) is 0 Å². The van der Waals surface area contributed by atoms with Crippen LogP contribution in [0, 0.1) is 5.41 Å². The second kappa shape index (κ2) is 7.40. The van der Waals surface area contributed by atoms with Gasteiger partial charge < -0.3 is 20.1 Å². The lowest BCUT2D eigenvalue weighted by molar-refractivity contribution is -0.167. The van der Waals surface area contributed by atoms with Crippen LogP contribution < -0.4 is 4.74 Å². The molecule has 0 amide bonds. The van der Waals surface area contributed by atoms with Crippen LogP contribution in [0.15, 0.2) is 54.9 Å². The molecule has 3 atom stereocenters.